The van der Waals surface area contributed by atoms with E-state index in [1.807, 2.05) is 26.8 Å². The van der Waals surface area contributed by atoms with Gasteiger partial charge in [-0.05, 0) is 58.6 Å². The van der Waals surface area contributed by atoms with E-state index in [-0.39, 0.29) is 17.6 Å². The topological polar surface area (TPSA) is 85.5 Å². The summed E-state index contributed by atoms with van der Waals surface area (Å²) in [5, 5.41) is 24.3. The first-order valence-electron chi connectivity index (χ1n) is 9.72. The van der Waals surface area contributed by atoms with Crippen LogP contribution >= 0.6 is 11.3 Å². The zero-order valence-electron chi connectivity index (χ0n) is 16.9. The molecule has 1 fully saturated rings. The fourth-order valence-corrected chi connectivity index (χ4v) is 4.02. The molecular weight excluding hydrogens is 388 g/mol. The molecular formula is C22H26N2O4S. The van der Waals surface area contributed by atoms with E-state index in [0.29, 0.717) is 16.3 Å². The highest BCUT2D eigenvalue weighted by Crippen LogP contribution is 2.31. The van der Waals surface area contributed by atoms with E-state index in [9.17, 15) is 15.1 Å². The summed E-state index contributed by atoms with van der Waals surface area (Å²) in [6.45, 7) is 6.08. The lowest BCUT2D eigenvalue weighted by molar-refractivity contribution is -0.605. The summed E-state index contributed by atoms with van der Waals surface area (Å²) >= 11 is 1.21. The summed E-state index contributed by atoms with van der Waals surface area (Å²) in [6.07, 6.45) is 6.33. The Hall–Kier alpha value is -2.72. The number of carboxylic acids is 1. The van der Waals surface area contributed by atoms with Crippen LogP contribution in [0.3, 0.4) is 0 Å². The van der Waals surface area contributed by atoms with Gasteiger partial charge in [0.15, 0.2) is 11.9 Å². The molecule has 0 spiro atoms. The number of carbonyl (C=O) groups is 1. The van der Waals surface area contributed by atoms with Crippen LogP contribution in [0.4, 0.5) is 5.69 Å². The van der Waals surface area contributed by atoms with E-state index in [0.717, 1.165) is 35.3 Å². The fraction of sp³-hybridized carbons (Fsp3) is 0.455. The van der Waals surface area contributed by atoms with Gasteiger partial charge in [0.25, 0.3) is 0 Å². The molecule has 0 saturated heterocycles. The monoisotopic (exact) mass is 414 g/mol. The Morgan fingerprint density at radius 1 is 1.34 bits per heavy atom. The molecule has 1 saturated carbocycles. The molecule has 0 unspecified atom stereocenters. The van der Waals surface area contributed by atoms with Crippen LogP contribution in [0.25, 0.3) is 0 Å². The number of aromatic carboxylic acids is 1. The minimum Gasteiger partial charge on any atom is -0.619 e. The number of anilines is 1. The predicted octanol–water partition coefficient (Wildman–Crippen LogP) is 4.28. The van der Waals surface area contributed by atoms with Crippen molar-refractivity contribution in [3.05, 3.63) is 45.6 Å². The third-order valence-corrected chi connectivity index (χ3v) is 5.61. The van der Waals surface area contributed by atoms with Crippen LogP contribution in [0.1, 0.15) is 61.0 Å². The van der Waals surface area contributed by atoms with Crippen LogP contribution in [0.15, 0.2) is 30.6 Å². The molecule has 0 atom stereocenters. The standard InChI is InChI=1S/C22H26N2O4S/c1-22(2,3)11-10-18-13-19(20(29-18)21(25)26)23-15-6-8-16(9-7-15)28-17-5-4-12-24(27)14-17/h4-5,12-16,23H,6-9H2,1-3H3,(H,25,26). The van der Waals surface area contributed by atoms with Gasteiger partial charge in [0.05, 0.1) is 16.7 Å². The smallest absolute Gasteiger partial charge is 0.348 e. The molecule has 2 N–H and O–H groups in total. The number of thiophene rings is 1. The van der Waals surface area contributed by atoms with Crippen LogP contribution < -0.4 is 14.8 Å². The van der Waals surface area contributed by atoms with E-state index >= 15 is 0 Å². The van der Waals surface area contributed by atoms with Crippen molar-refractivity contribution in [3.8, 4) is 17.6 Å². The van der Waals surface area contributed by atoms with Crippen LogP contribution in [0.2, 0.25) is 0 Å². The molecule has 0 bridgehead atoms. The van der Waals surface area contributed by atoms with Crippen LogP contribution in [0, 0.1) is 22.5 Å². The minimum atomic E-state index is -0.937. The first kappa shape index (κ1) is 21.0. The van der Waals surface area contributed by atoms with Crippen molar-refractivity contribution in [2.75, 3.05) is 5.32 Å². The van der Waals surface area contributed by atoms with Gasteiger partial charge < -0.3 is 20.4 Å². The Balaban J connectivity index is 1.61. The minimum absolute atomic E-state index is 0.0603. The van der Waals surface area contributed by atoms with E-state index in [4.69, 9.17) is 4.74 Å². The highest BCUT2D eigenvalue weighted by molar-refractivity contribution is 7.15. The Morgan fingerprint density at radius 3 is 2.69 bits per heavy atom. The number of pyridine rings is 1. The number of nitrogens with zero attached hydrogens (tertiary/aromatic N) is 1. The Kier molecular flexibility index (Phi) is 6.33. The number of ether oxygens (including phenoxy) is 1. The average molecular weight is 415 g/mol. The van der Waals surface area contributed by atoms with E-state index in [2.05, 4.69) is 17.2 Å². The van der Waals surface area contributed by atoms with Gasteiger partial charge in [0, 0.05) is 17.5 Å². The molecule has 1 aliphatic rings. The van der Waals surface area contributed by atoms with Crippen LogP contribution in [-0.2, 0) is 0 Å². The van der Waals surface area contributed by atoms with E-state index in [1.165, 1.54) is 23.7 Å². The van der Waals surface area contributed by atoms with E-state index < -0.39 is 5.97 Å². The molecule has 0 amide bonds. The molecule has 29 heavy (non-hydrogen) atoms. The predicted molar refractivity (Wildman–Crippen MR) is 113 cm³/mol. The average Bonchev–Trinajstić information content (AvgIpc) is 3.04. The lowest BCUT2D eigenvalue weighted by Crippen LogP contribution is -2.32. The summed E-state index contributed by atoms with van der Waals surface area (Å²) < 4.78 is 6.63. The van der Waals surface area contributed by atoms with Crippen molar-refractivity contribution in [1.29, 1.82) is 0 Å². The summed E-state index contributed by atoms with van der Waals surface area (Å²) in [5.41, 5.74) is 0.504. The molecule has 3 rings (SSSR count). The largest absolute Gasteiger partial charge is 0.619 e. The SMILES string of the molecule is CC(C)(C)C#Cc1cc(NC2CCC(Oc3ccc[n+]([O-])c3)CC2)c(C(=O)O)s1. The van der Waals surface area contributed by atoms with Gasteiger partial charge in [-0.25, -0.2) is 4.79 Å². The number of aromatic nitrogens is 1. The van der Waals surface area contributed by atoms with Crippen molar-refractivity contribution in [3.63, 3.8) is 0 Å². The third-order valence-electron chi connectivity index (χ3n) is 4.57. The Labute approximate surface area is 175 Å². The van der Waals surface area contributed by atoms with Crippen molar-refractivity contribution < 1.29 is 19.4 Å². The number of carboxylic acid groups (broad SMARTS) is 1. The number of hydrogen-bond donors (Lipinski definition) is 2. The number of hydrogen-bond acceptors (Lipinski definition) is 5. The molecule has 1 aliphatic carbocycles. The summed E-state index contributed by atoms with van der Waals surface area (Å²) in [4.78, 5) is 12.7. The van der Waals surface area contributed by atoms with Crippen molar-refractivity contribution in [2.45, 2.75) is 58.6 Å². The van der Waals surface area contributed by atoms with Gasteiger partial charge in [-0.15, -0.1) is 11.3 Å². The maximum Gasteiger partial charge on any atom is 0.348 e. The number of nitrogens with one attached hydrogen (secondary N) is 1. The molecule has 2 aromatic rings. The summed E-state index contributed by atoms with van der Waals surface area (Å²) in [7, 11) is 0. The van der Waals surface area contributed by atoms with E-state index in [1.54, 1.807) is 12.1 Å². The second-order valence-corrected chi connectivity index (χ2v) is 9.35. The Morgan fingerprint density at radius 2 is 2.07 bits per heavy atom. The normalized spacial score (nSPS) is 19.1. The molecule has 0 aromatic carbocycles. The van der Waals surface area contributed by atoms with Gasteiger partial charge in [-0.2, -0.15) is 4.73 Å². The zero-order valence-corrected chi connectivity index (χ0v) is 17.7. The fourth-order valence-electron chi connectivity index (χ4n) is 3.21. The van der Waals surface area contributed by atoms with Gasteiger partial charge >= 0.3 is 5.97 Å². The maximum absolute atomic E-state index is 11.6. The molecule has 2 heterocycles. The zero-order chi connectivity index (χ0) is 21.0. The van der Waals surface area contributed by atoms with Crippen LogP contribution in [-0.4, -0.2) is 23.2 Å². The Bertz CT molecular complexity index is 928. The molecule has 6 nitrogen and oxygen atoms in total. The van der Waals surface area contributed by atoms with Crippen LogP contribution in [0.5, 0.6) is 5.75 Å². The highest BCUT2D eigenvalue weighted by atomic mass is 32.1. The maximum atomic E-state index is 11.6. The second-order valence-electron chi connectivity index (χ2n) is 8.29. The first-order valence-corrected chi connectivity index (χ1v) is 10.5. The summed E-state index contributed by atoms with van der Waals surface area (Å²) in [5.74, 6) is 5.89. The van der Waals surface area contributed by atoms with Gasteiger partial charge in [-0.3, -0.25) is 0 Å². The first-order chi connectivity index (χ1) is 13.7. The lowest BCUT2D eigenvalue weighted by atomic mass is 9.92. The van der Waals surface area contributed by atoms with Crippen molar-refractivity contribution in [2.24, 2.45) is 5.41 Å². The molecule has 2 aromatic heterocycles. The third kappa shape index (κ3) is 6.13. The van der Waals surface area contributed by atoms with Crippen molar-refractivity contribution >= 4 is 23.0 Å². The second kappa shape index (κ2) is 8.75. The molecule has 154 valence electrons. The van der Waals surface area contributed by atoms with Gasteiger partial charge in [0.1, 0.15) is 4.88 Å². The molecule has 0 aliphatic heterocycles. The lowest BCUT2D eigenvalue weighted by Gasteiger charge is -2.29. The summed E-state index contributed by atoms with van der Waals surface area (Å²) in [6, 6.07) is 5.47. The van der Waals surface area contributed by atoms with Gasteiger partial charge in [-0.1, -0.05) is 11.8 Å². The highest BCUT2D eigenvalue weighted by Gasteiger charge is 2.25. The quantitative estimate of drug-likeness (QED) is 0.433. The van der Waals surface area contributed by atoms with Gasteiger partial charge in [0.2, 0.25) is 6.20 Å². The molecule has 0 radical (unpaired) electrons. The molecule has 7 heteroatoms. The number of rotatable bonds is 5. The van der Waals surface area contributed by atoms with Crippen molar-refractivity contribution in [1.82, 2.24) is 0 Å².